The first kappa shape index (κ1) is 27.1. The van der Waals surface area contributed by atoms with Crippen LogP contribution in [0.3, 0.4) is 0 Å². The predicted molar refractivity (Wildman–Crippen MR) is 154 cm³/mol. The molecular weight excluding hydrogens is 520 g/mol. The number of aryl methyl sites for hydroxylation is 1. The van der Waals surface area contributed by atoms with Crippen molar-refractivity contribution in [3.05, 3.63) is 113 Å². The number of halogens is 1. The Morgan fingerprint density at radius 3 is 2.18 bits per heavy atom. The van der Waals surface area contributed by atoms with Gasteiger partial charge in [-0.15, -0.1) is 11.8 Å². The van der Waals surface area contributed by atoms with Gasteiger partial charge >= 0.3 is 0 Å². The first-order chi connectivity index (χ1) is 18.4. The maximum Gasteiger partial charge on any atom is 0.255 e. The molecule has 0 radical (unpaired) electrons. The molecule has 2 amide bonds. The Morgan fingerprint density at radius 2 is 1.53 bits per heavy atom. The van der Waals surface area contributed by atoms with Gasteiger partial charge in [0.15, 0.2) is 0 Å². The van der Waals surface area contributed by atoms with Crippen molar-refractivity contribution in [1.29, 1.82) is 0 Å². The minimum Gasteiger partial charge on any atom is -0.495 e. The molecule has 0 spiro atoms. The van der Waals surface area contributed by atoms with Crippen molar-refractivity contribution in [2.75, 3.05) is 24.9 Å². The summed E-state index contributed by atoms with van der Waals surface area (Å²) in [6.07, 6.45) is 0. The van der Waals surface area contributed by atoms with Gasteiger partial charge in [0.25, 0.3) is 5.91 Å². The zero-order valence-corrected chi connectivity index (χ0v) is 22.7. The average molecular weight is 547 g/mol. The SMILES string of the molecule is COc1cc(OC)c(NC(=O)C(Sc2ccc(NC(=O)c3cccc(C)c3)cc2)c2ccccc2)cc1Cl. The first-order valence-electron chi connectivity index (χ1n) is 11.8. The van der Waals surface area contributed by atoms with Crippen molar-refractivity contribution in [3.63, 3.8) is 0 Å². The summed E-state index contributed by atoms with van der Waals surface area (Å²) >= 11 is 7.70. The Bertz CT molecular complexity index is 1430. The fourth-order valence-corrected chi connectivity index (χ4v) is 5.06. The van der Waals surface area contributed by atoms with Crippen LogP contribution in [-0.2, 0) is 4.79 Å². The van der Waals surface area contributed by atoms with Crippen molar-refractivity contribution >= 4 is 46.6 Å². The van der Waals surface area contributed by atoms with Crippen LogP contribution < -0.4 is 20.1 Å². The molecule has 0 saturated carbocycles. The summed E-state index contributed by atoms with van der Waals surface area (Å²) in [6, 6.07) is 27.6. The van der Waals surface area contributed by atoms with Crippen LogP contribution in [0.5, 0.6) is 11.5 Å². The lowest BCUT2D eigenvalue weighted by Gasteiger charge is -2.19. The van der Waals surface area contributed by atoms with Gasteiger partial charge in [-0.05, 0) is 55.0 Å². The van der Waals surface area contributed by atoms with Crippen LogP contribution in [0.25, 0.3) is 0 Å². The largest absolute Gasteiger partial charge is 0.495 e. The summed E-state index contributed by atoms with van der Waals surface area (Å²) in [5, 5.41) is 5.66. The Morgan fingerprint density at radius 1 is 0.816 bits per heavy atom. The molecule has 0 aliphatic rings. The van der Waals surface area contributed by atoms with Gasteiger partial charge in [-0.25, -0.2) is 0 Å². The van der Waals surface area contributed by atoms with E-state index >= 15 is 0 Å². The maximum absolute atomic E-state index is 13.5. The molecule has 4 aromatic rings. The monoisotopic (exact) mass is 546 g/mol. The van der Waals surface area contributed by atoms with Crippen LogP contribution in [0, 0.1) is 6.92 Å². The molecular formula is C30H27ClN2O4S. The van der Waals surface area contributed by atoms with Crippen molar-refractivity contribution in [1.82, 2.24) is 0 Å². The normalized spacial score (nSPS) is 11.4. The van der Waals surface area contributed by atoms with E-state index < -0.39 is 5.25 Å². The number of methoxy groups -OCH3 is 2. The number of anilines is 2. The Labute approximate surface area is 231 Å². The highest BCUT2D eigenvalue weighted by atomic mass is 35.5. The van der Waals surface area contributed by atoms with E-state index in [0.717, 1.165) is 16.0 Å². The summed E-state index contributed by atoms with van der Waals surface area (Å²) in [5.74, 6) is 0.468. The zero-order chi connectivity index (χ0) is 27.1. The molecule has 194 valence electrons. The van der Waals surface area contributed by atoms with E-state index in [1.807, 2.05) is 79.7 Å². The van der Waals surface area contributed by atoms with E-state index in [1.54, 1.807) is 18.2 Å². The molecule has 0 bridgehead atoms. The van der Waals surface area contributed by atoms with Crippen molar-refractivity contribution < 1.29 is 19.1 Å². The van der Waals surface area contributed by atoms with E-state index in [9.17, 15) is 9.59 Å². The third-order valence-corrected chi connectivity index (χ3v) is 7.28. The number of ether oxygens (including phenoxy) is 2. The third kappa shape index (κ3) is 6.68. The minimum atomic E-state index is -0.561. The molecule has 0 aliphatic heterocycles. The number of hydrogen-bond acceptors (Lipinski definition) is 5. The molecule has 0 aromatic heterocycles. The van der Waals surface area contributed by atoms with Crippen LogP contribution in [0.2, 0.25) is 5.02 Å². The van der Waals surface area contributed by atoms with Gasteiger partial charge in [-0.2, -0.15) is 0 Å². The Hall–Kier alpha value is -3.94. The molecule has 0 heterocycles. The van der Waals surface area contributed by atoms with Crippen molar-refractivity contribution in [2.24, 2.45) is 0 Å². The number of carbonyl (C=O) groups is 2. The highest BCUT2D eigenvalue weighted by molar-refractivity contribution is 8.00. The zero-order valence-electron chi connectivity index (χ0n) is 21.2. The van der Waals surface area contributed by atoms with Crippen LogP contribution >= 0.6 is 23.4 Å². The molecule has 1 atom stereocenters. The van der Waals surface area contributed by atoms with Crippen molar-refractivity contribution in [2.45, 2.75) is 17.1 Å². The number of hydrogen-bond donors (Lipinski definition) is 2. The number of carbonyl (C=O) groups excluding carboxylic acids is 2. The Kier molecular flexibility index (Phi) is 8.94. The maximum atomic E-state index is 13.5. The summed E-state index contributed by atoms with van der Waals surface area (Å²) in [6.45, 7) is 1.95. The van der Waals surface area contributed by atoms with E-state index in [2.05, 4.69) is 10.6 Å². The second kappa shape index (κ2) is 12.5. The Balaban J connectivity index is 1.53. The molecule has 0 fully saturated rings. The van der Waals surface area contributed by atoms with Gasteiger partial charge in [-0.1, -0.05) is 59.6 Å². The standard InChI is InChI=1S/C30H27ClN2O4S/c1-19-8-7-11-21(16-19)29(34)32-22-12-14-23(15-13-22)38-28(20-9-5-4-6-10-20)30(35)33-25-17-24(31)26(36-2)18-27(25)37-3/h4-18,28H,1-3H3,(H,32,34)(H,33,35). The number of thioether (sulfide) groups is 1. The highest BCUT2D eigenvalue weighted by Gasteiger charge is 2.24. The number of amides is 2. The topological polar surface area (TPSA) is 76.7 Å². The quantitative estimate of drug-likeness (QED) is 0.214. The predicted octanol–water partition coefficient (Wildman–Crippen LogP) is 7.39. The molecule has 4 aromatic carbocycles. The molecule has 2 N–H and O–H groups in total. The smallest absolute Gasteiger partial charge is 0.255 e. The van der Waals surface area contributed by atoms with Gasteiger partial charge in [0, 0.05) is 22.2 Å². The molecule has 0 saturated heterocycles. The molecule has 6 nitrogen and oxygen atoms in total. The van der Waals surface area contributed by atoms with Gasteiger partial charge in [0.05, 0.1) is 24.9 Å². The van der Waals surface area contributed by atoms with Gasteiger partial charge in [-0.3, -0.25) is 9.59 Å². The van der Waals surface area contributed by atoms with Crippen LogP contribution in [-0.4, -0.2) is 26.0 Å². The summed E-state index contributed by atoms with van der Waals surface area (Å²) in [4.78, 5) is 27.0. The fourth-order valence-electron chi connectivity index (χ4n) is 3.80. The van der Waals surface area contributed by atoms with E-state index in [1.165, 1.54) is 26.0 Å². The van der Waals surface area contributed by atoms with E-state index in [-0.39, 0.29) is 11.8 Å². The lowest BCUT2D eigenvalue weighted by atomic mass is 10.1. The molecule has 38 heavy (non-hydrogen) atoms. The highest BCUT2D eigenvalue weighted by Crippen LogP contribution is 2.40. The fraction of sp³-hybridized carbons (Fsp3) is 0.133. The van der Waals surface area contributed by atoms with E-state index in [4.69, 9.17) is 21.1 Å². The van der Waals surface area contributed by atoms with Gasteiger partial charge < -0.3 is 20.1 Å². The minimum absolute atomic E-state index is 0.178. The van der Waals surface area contributed by atoms with Gasteiger partial charge in [0.2, 0.25) is 5.91 Å². The molecule has 8 heteroatoms. The van der Waals surface area contributed by atoms with Gasteiger partial charge in [0.1, 0.15) is 16.7 Å². The summed E-state index contributed by atoms with van der Waals surface area (Å²) < 4.78 is 10.7. The van der Waals surface area contributed by atoms with Crippen LogP contribution in [0.4, 0.5) is 11.4 Å². The average Bonchev–Trinajstić information content (AvgIpc) is 2.93. The lowest BCUT2D eigenvalue weighted by Crippen LogP contribution is -2.19. The number of nitrogens with one attached hydrogen (secondary N) is 2. The number of benzene rings is 4. The summed E-state index contributed by atoms with van der Waals surface area (Å²) in [7, 11) is 3.03. The van der Waals surface area contributed by atoms with Crippen molar-refractivity contribution in [3.8, 4) is 11.5 Å². The van der Waals surface area contributed by atoms with E-state index in [0.29, 0.717) is 33.5 Å². The molecule has 0 aliphatic carbocycles. The number of rotatable bonds is 9. The molecule has 1 unspecified atom stereocenters. The van der Waals surface area contributed by atoms with Crippen LogP contribution in [0.15, 0.2) is 95.9 Å². The second-order valence-electron chi connectivity index (χ2n) is 8.43. The second-order valence-corrected chi connectivity index (χ2v) is 10.0. The third-order valence-electron chi connectivity index (χ3n) is 5.72. The lowest BCUT2D eigenvalue weighted by molar-refractivity contribution is -0.115. The van der Waals surface area contributed by atoms with Crippen LogP contribution in [0.1, 0.15) is 26.7 Å². The summed E-state index contributed by atoms with van der Waals surface area (Å²) in [5.41, 5.74) is 3.56. The first-order valence-corrected chi connectivity index (χ1v) is 13.1. The molecule has 4 rings (SSSR count).